The van der Waals surface area contributed by atoms with Gasteiger partial charge in [-0.1, -0.05) is 6.07 Å². The lowest BCUT2D eigenvalue weighted by atomic mass is 10.2. The molecule has 0 amide bonds. The average Bonchev–Trinajstić information content (AvgIpc) is 2.75. The van der Waals surface area contributed by atoms with Gasteiger partial charge in [0.2, 0.25) is 0 Å². The second-order valence-corrected chi connectivity index (χ2v) is 3.75. The van der Waals surface area contributed by atoms with Gasteiger partial charge in [-0.3, -0.25) is 9.38 Å². The van der Waals surface area contributed by atoms with Crippen molar-refractivity contribution in [3.05, 3.63) is 54.6 Å². The number of imidazole rings is 1. The van der Waals surface area contributed by atoms with E-state index in [2.05, 4.69) is 33.4 Å². The lowest BCUT2D eigenvalue weighted by molar-refractivity contribution is 1.08. The molecule has 0 aliphatic carbocycles. The van der Waals surface area contributed by atoms with Crippen LogP contribution in [0.5, 0.6) is 0 Å². The summed E-state index contributed by atoms with van der Waals surface area (Å²) in [6, 6.07) is 10.1. The maximum atomic E-state index is 4.45. The van der Waals surface area contributed by atoms with Gasteiger partial charge in [0.15, 0.2) is 0 Å². The summed E-state index contributed by atoms with van der Waals surface area (Å²) in [7, 11) is 0. The molecule has 0 aromatic carbocycles. The Bertz CT molecular complexity index is 626. The number of pyridine rings is 2. The molecule has 3 aromatic heterocycles. The summed E-state index contributed by atoms with van der Waals surface area (Å²) in [6.45, 7) is 2.08. The van der Waals surface area contributed by atoms with Gasteiger partial charge in [0.1, 0.15) is 5.82 Å². The Labute approximate surface area is 93.4 Å². The third kappa shape index (κ3) is 1.29. The maximum Gasteiger partial charge on any atom is 0.146 e. The fourth-order valence-corrected chi connectivity index (χ4v) is 1.91. The molecule has 0 bridgehead atoms. The zero-order valence-corrected chi connectivity index (χ0v) is 8.96. The first kappa shape index (κ1) is 9.09. The Kier molecular flexibility index (Phi) is 1.96. The summed E-state index contributed by atoms with van der Waals surface area (Å²) in [5.74, 6) is 0.946. The Morgan fingerprint density at radius 2 is 2.00 bits per heavy atom. The van der Waals surface area contributed by atoms with E-state index >= 15 is 0 Å². The van der Waals surface area contributed by atoms with Gasteiger partial charge < -0.3 is 0 Å². The molecule has 0 spiro atoms. The highest BCUT2D eigenvalue weighted by Gasteiger charge is 2.07. The summed E-state index contributed by atoms with van der Waals surface area (Å²) >= 11 is 0. The average molecular weight is 209 g/mol. The number of aromatic nitrogens is 3. The minimum atomic E-state index is 0.946. The largest absolute Gasteiger partial charge is 0.297 e. The molecule has 0 atom stereocenters. The third-order valence-corrected chi connectivity index (χ3v) is 2.67. The molecule has 78 valence electrons. The van der Waals surface area contributed by atoms with Crippen molar-refractivity contribution < 1.29 is 0 Å². The van der Waals surface area contributed by atoms with Gasteiger partial charge in [0.25, 0.3) is 0 Å². The van der Waals surface area contributed by atoms with Gasteiger partial charge in [-0.2, -0.15) is 0 Å². The van der Waals surface area contributed by atoms with Crippen molar-refractivity contribution in [1.82, 2.24) is 14.4 Å². The third-order valence-electron chi connectivity index (χ3n) is 2.67. The molecule has 3 nitrogen and oxygen atoms in total. The first-order valence-corrected chi connectivity index (χ1v) is 5.20. The molecule has 0 radical (unpaired) electrons. The van der Waals surface area contributed by atoms with Crippen LogP contribution in [0.15, 0.2) is 48.9 Å². The van der Waals surface area contributed by atoms with E-state index in [0.29, 0.717) is 0 Å². The second-order valence-electron chi connectivity index (χ2n) is 3.75. The number of hydrogen-bond acceptors (Lipinski definition) is 2. The molecule has 0 fully saturated rings. The molecule has 3 heterocycles. The maximum absolute atomic E-state index is 4.45. The van der Waals surface area contributed by atoms with Crippen LogP contribution in [0.2, 0.25) is 0 Å². The summed E-state index contributed by atoms with van der Waals surface area (Å²) < 4.78 is 2.14. The quantitative estimate of drug-likeness (QED) is 0.616. The van der Waals surface area contributed by atoms with Gasteiger partial charge in [-0.25, -0.2) is 4.98 Å². The molecule has 3 heteroatoms. The van der Waals surface area contributed by atoms with Crippen LogP contribution in [0.1, 0.15) is 5.69 Å². The molecule has 0 saturated heterocycles. The zero-order valence-electron chi connectivity index (χ0n) is 8.96. The van der Waals surface area contributed by atoms with E-state index in [0.717, 1.165) is 16.9 Å². The molecule has 3 aromatic rings. The summed E-state index contributed by atoms with van der Waals surface area (Å²) in [4.78, 5) is 8.57. The van der Waals surface area contributed by atoms with E-state index in [-0.39, 0.29) is 0 Å². The Balaban J connectivity index is 2.33. The Morgan fingerprint density at radius 3 is 2.81 bits per heavy atom. The molecule has 3 rings (SSSR count). The van der Waals surface area contributed by atoms with Crippen molar-refractivity contribution in [3.8, 4) is 11.4 Å². The van der Waals surface area contributed by atoms with Gasteiger partial charge in [-0.05, 0) is 31.2 Å². The van der Waals surface area contributed by atoms with Crippen molar-refractivity contribution in [2.24, 2.45) is 0 Å². The normalized spacial score (nSPS) is 10.8. The van der Waals surface area contributed by atoms with E-state index < -0.39 is 0 Å². The Hall–Kier alpha value is -2.16. The smallest absolute Gasteiger partial charge is 0.146 e. The lowest BCUT2D eigenvalue weighted by Gasteiger charge is -2.04. The van der Waals surface area contributed by atoms with Crippen LogP contribution in [-0.4, -0.2) is 14.4 Å². The number of rotatable bonds is 1. The highest BCUT2D eigenvalue weighted by atomic mass is 15.0. The minimum Gasteiger partial charge on any atom is -0.297 e. The molecule has 0 N–H and O–H groups in total. The van der Waals surface area contributed by atoms with E-state index in [1.54, 1.807) is 6.20 Å². The monoisotopic (exact) mass is 209 g/mol. The molecule has 0 unspecified atom stereocenters. The number of aryl methyl sites for hydroxylation is 1. The molecular weight excluding hydrogens is 198 g/mol. The second kappa shape index (κ2) is 3.45. The SMILES string of the molecule is Cc1cccc2cnc(-c3cccnc3)n12. The Morgan fingerprint density at radius 1 is 1.06 bits per heavy atom. The van der Waals surface area contributed by atoms with Crippen LogP contribution in [-0.2, 0) is 0 Å². The van der Waals surface area contributed by atoms with Gasteiger partial charge in [0, 0.05) is 23.7 Å². The van der Waals surface area contributed by atoms with E-state index in [9.17, 15) is 0 Å². The molecule has 0 aliphatic rings. The van der Waals surface area contributed by atoms with Crippen molar-refractivity contribution >= 4 is 5.52 Å². The van der Waals surface area contributed by atoms with E-state index in [1.807, 2.05) is 30.6 Å². The summed E-state index contributed by atoms with van der Waals surface area (Å²) in [5, 5.41) is 0. The summed E-state index contributed by atoms with van der Waals surface area (Å²) in [6.07, 6.45) is 5.49. The van der Waals surface area contributed by atoms with Gasteiger partial charge >= 0.3 is 0 Å². The van der Waals surface area contributed by atoms with Crippen LogP contribution in [0.3, 0.4) is 0 Å². The zero-order chi connectivity index (χ0) is 11.0. The highest BCUT2D eigenvalue weighted by Crippen LogP contribution is 2.19. The first-order chi connectivity index (χ1) is 7.86. The van der Waals surface area contributed by atoms with Crippen molar-refractivity contribution in [2.75, 3.05) is 0 Å². The molecule has 0 saturated carbocycles. The standard InChI is InChI=1S/C13H11N3/c1-10-4-2-6-12-9-15-13(16(10)12)11-5-3-7-14-8-11/h2-9H,1H3. The van der Waals surface area contributed by atoms with Gasteiger partial charge in [-0.15, -0.1) is 0 Å². The van der Waals surface area contributed by atoms with Crippen LogP contribution >= 0.6 is 0 Å². The topological polar surface area (TPSA) is 30.2 Å². The number of hydrogen-bond donors (Lipinski definition) is 0. The minimum absolute atomic E-state index is 0.946. The molecule has 16 heavy (non-hydrogen) atoms. The highest BCUT2D eigenvalue weighted by molar-refractivity contribution is 5.62. The number of fused-ring (bicyclic) bond motifs is 1. The first-order valence-electron chi connectivity index (χ1n) is 5.20. The molecular formula is C13H11N3. The van der Waals surface area contributed by atoms with Crippen LogP contribution in [0, 0.1) is 6.92 Å². The fourth-order valence-electron chi connectivity index (χ4n) is 1.91. The fraction of sp³-hybridized carbons (Fsp3) is 0.0769. The lowest BCUT2D eigenvalue weighted by Crippen LogP contribution is -1.93. The molecule has 0 aliphatic heterocycles. The predicted octanol–water partition coefficient (Wildman–Crippen LogP) is 2.70. The van der Waals surface area contributed by atoms with Crippen LogP contribution in [0.4, 0.5) is 0 Å². The van der Waals surface area contributed by atoms with Crippen molar-refractivity contribution in [2.45, 2.75) is 6.92 Å². The number of nitrogens with zero attached hydrogens (tertiary/aromatic N) is 3. The van der Waals surface area contributed by atoms with E-state index in [1.165, 1.54) is 5.69 Å². The van der Waals surface area contributed by atoms with Crippen LogP contribution < -0.4 is 0 Å². The van der Waals surface area contributed by atoms with Crippen molar-refractivity contribution in [1.29, 1.82) is 0 Å². The van der Waals surface area contributed by atoms with Crippen LogP contribution in [0.25, 0.3) is 16.9 Å². The van der Waals surface area contributed by atoms with E-state index in [4.69, 9.17) is 0 Å². The predicted molar refractivity (Wildman–Crippen MR) is 63.2 cm³/mol. The van der Waals surface area contributed by atoms with Crippen molar-refractivity contribution in [3.63, 3.8) is 0 Å². The van der Waals surface area contributed by atoms with Gasteiger partial charge in [0.05, 0.1) is 11.7 Å². The summed E-state index contributed by atoms with van der Waals surface area (Å²) in [5.41, 5.74) is 3.32.